The van der Waals surface area contributed by atoms with Crippen LogP contribution in [0.4, 0.5) is 0 Å². The molecule has 1 aromatic carbocycles. The molecular weight excluding hydrogens is 388 g/mol. The zero-order valence-electron chi connectivity index (χ0n) is 18.2. The van der Waals surface area contributed by atoms with Gasteiger partial charge in [-0.1, -0.05) is 44.2 Å². The van der Waals surface area contributed by atoms with Gasteiger partial charge in [-0.25, -0.2) is 4.79 Å². The van der Waals surface area contributed by atoms with Crippen LogP contribution in [0.3, 0.4) is 0 Å². The Balaban J connectivity index is 1.75. The molecule has 2 heterocycles. The number of allylic oxidation sites excluding steroid dienone is 3. The van der Waals surface area contributed by atoms with E-state index in [9.17, 15) is 9.59 Å². The Kier molecular flexibility index (Phi) is 6.03. The van der Waals surface area contributed by atoms with Gasteiger partial charge in [0.15, 0.2) is 5.78 Å². The lowest BCUT2D eigenvalue weighted by Crippen LogP contribution is -2.36. The minimum Gasteiger partial charge on any atom is -0.462 e. The fourth-order valence-electron chi connectivity index (χ4n) is 4.48. The van der Waals surface area contributed by atoms with E-state index in [1.807, 2.05) is 51.1 Å². The molecule has 1 aliphatic heterocycles. The third-order valence-electron chi connectivity index (χ3n) is 5.91. The van der Waals surface area contributed by atoms with Crippen molar-refractivity contribution in [3.63, 3.8) is 0 Å². The van der Waals surface area contributed by atoms with Crippen molar-refractivity contribution in [2.75, 3.05) is 6.61 Å². The molecule has 1 aromatic heterocycles. The number of Topliss-reactive ketones (excluding diaryl/α,β-unsaturated/α-hetero) is 1. The van der Waals surface area contributed by atoms with Crippen LogP contribution in [0.1, 0.15) is 56.6 Å². The molecule has 5 heteroatoms. The number of nitrogens with zero attached hydrogens (tertiary/aromatic N) is 1. The normalized spacial score (nSPS) is 21.1. The molecule has 160 valence electrons. The first kappa shape index (κ1) is 21.0. The Labute approximate surface area is 183 Å². The van der Waals surface area contributed by atoms with Crippen LogP contribution >= 0.6 is 0 Å². The first-order chi connectivity index (χ1) is 15.0. The number of dihydropyridines is 1. The molecule has 31 heavy (non-hydrogen) atoms. The van der Waals surface area contributed by atoms with Gasteiger partial charge in [-0.05, 0) is 48.4 Å². The SMILES string of the molecule is CC1=C(C(=O)OCC(C)C)[C@@H](c2ccncc2)C2=C(C[C@@H](c3ccccc3)CC2=O)N1. The highest BCUT2D eigenvalue weighted by Gasteiger charge is 2.41. The van der Waals surface area contributed by atoms with Gasteiger partial charge in [0.1, 0.15) is 0 Å². The number of hydrogen-bond acceptors (Lipinski definition) is 5. The molecule has 2 atom stereocenters. The number of carbonyl (C=O) groups is 2. The van der Waals surface area contributed by atoms with Gasteiger partial charge < -0.3 is 10.1 Å². The zero-order chi connectivity index (χ0) is 22.0. The lowest BCUT2D eigenvalue weighted by molar-refractivity contribution is -0.140. The number of pyridine rings is 1. The van der Waals surface area contributed by atoms with E-state index in [1.165, 1.54) is 0 Å². The summed E-state index contributed by atoms with van der Waals surface area (Å²) in [5.74, 6) is -0.377. The number of esters is 1. The molecule has 0 radical (unpaired) electrons. The van der Waals surface area contributed by atoms with E-state index < -0.39 is 5.92 Å². The molecule has 0 spiro atoms. The van der Waals surface area contributed by atoms with Crippen molar-refractivity contribution in [1.29, 1.82) is 0 Å². The Hall–Kier alpha value is -3.21. The Morgan fingerprint density at radius 2 is 1.81 bits per heavy atom. The summed E-state index contributed by atoms with van der Waals surface area (Å²) in [6, 6.07) is 13.9. The van der Waals surface area contributed by atoms with Crippen molar-refractivity contribution in [2.24, 2.45) is 5.92 Å². The standard InChI is InChI=1S/C26H28N2O3/c1-16(2)15-31-26(30)23-17(3)28-21-13-20(18-7-5-4-6-8-18)14-22(29)25(21)24(23)19-9-11-27-12-10-19/h4-12,16,20,24,28H,13-15H2,1-3H3/t20-,24-/m1/s1. The van der Waals surface area contributed by atoms with E-state index in [0.717, 1.165) is 28.9 Å². The summed E-state index contributed by atoms with van der Waals surface area (Å²) in [6.07, 6.45) is 4.56. The van der Waals surface area contributed by atoms with Gasteiger partial charge in [-0.3, -0.25) is 9.78 Å². The average Bonchev–Trinajstić information content (AvgIpc) is 2.77. The van der Waals surface area contributed by atoms with Gasteiger partial charge in [-0.15, -0.1) is 0 Å². The average molecular weight is 417 g/mol. The van der Waals surface area contributed by atoms with E-state index in [2.05, 4.69) is 22.4 Å². The predicted molar refractivity (Wildman–Crippen MR) is 119 cm³/mol. The summed E-state index contributed by atoms with van der Waals surface area (Å²) >= 11 is 0. The minimum absolute atomic E-state index is 0.0751. The van der Waals surface area contributed by atoms with Crippen LogP contribution in [-0.4, -0.2) is 23.3 Å². The second-order valence-electron chi connectivity index (χ2n) is 8.70. The lowest BCUT2D eigenvalue weighted by Gasteiger charge is -2.36. The third kappa shape index (κ3) is 4.31. The molecule has 0 saturated heterocycles. The highest BCUT2D eigenvalue weighted by Crippen LogP contribution is 2.45. The summed E-state index contributed by atoms with van der Waals surface area (Å²) in [6.45, 7) is 6.24. The molecule has 5 nitrogen and oxygen atoms in total. The highest BCUT2D eigenvalue weighted by molar-refractivity contribution is 6.04. The molecule has 1 N–H and O–H groups in total. The van der Waals surface area contributed by atoms with Crippen molar-refractivity contribution in [2.45, 2.75) is 45.4 Å². The van der Waals surface area contributed by atoms with Gasteiger partial charge in [0, 0.05) is 41.7 Å². The summed E-state index contributed by atoms with van der Waals surface area (Å²) in [5, 5.41) is 3.39. The van der Waals surface area contributed by atoms with Gasteiger partial charge in [0.25, 0.3) is 0 Å². The summed E-state index contributed by atoms with van der Waals surface area (Å²) in [5.41, 5.74) is 4.89. The predicted octanol–water partition coefficient (Wildman–Crippen LogP) is 4.64. The number of ether oxygens (including phenoxy) is 1. The smallest absolute Gasteiger partial charge is 0.336 e. The Bertz CT molecular complexity index is 1040. The number of benzene rings is 1. The van der Waals surface area contributed by atoms with Gasteiger partial charge in [0.2, 0.25) is 0 Å². The van der Waals surface area contributed by atoms with Gasteiger partial charge >= 0.3 is 5.97 Å². The quantitative estimate of drug-likeness (QED) is 0.719. The topological polar surface area (TPSA) is 68.3 Å². The summed E-state index contributed by atoms with van der Waals surface area (Å²) < 4.78 is 5.58. The van der Waals surface area contributed by atoms with Crippen LogP contribution in [0.2, 0.25) is 0 Å². The highest BCUT2D eigenvalue weighted by atomic mass is 16.5. The molecule has 0 fully saturated rings. The Morgan fingerprint density at radius 1 is 1.10 bits per heavy atom. The number of aromatic nitrogens is 1. The zero-order valence-corrected chi connectivity index (χ0v) is 18.2. The monoisotopic (exact) mass is 416 g/mol. The molecule has 1 aliphatic carbocycles. The molecule has 4 rings (SSSR count). The maximum Gasteiger partial charge on any atom is 0.336 e. The molecule has 2 aromatic rings. The van der Waals surface area contributed by atoms with Crippen molar-refractivity contribution >= 4 is 11.8 Å². The first-order valence-electron chi connectivity index (χ1n) is 10.8. The van der Waals surface area contributed by atoms with Crippen molar-refractivity contribution in [1.82, 2.24) is 10.3 Å². The van der Waals surface area contributed by atoms with Crippen LogP contribution in [0.5, 0.6) is 0 Å². The minimum atomic E-state index is -0.442. The summed E-state index contributed by atoms with van der Waals surface area (Å²) in [4.78, 5) is 30.7. The second-order valence-corrected chi connectivity index (χ2v) is 8.70. The fourth-order valence-corrected chi connectivity index (χ4v) is 4.48. The van der Waals surface area contributed by atoms with E-state index in [0.29, 0.717) is 24.2 Å². The third-order valence-corrected chi connectivity index (χ3v) is 5.91. The van der Waals surface area contributed by atoms with Crippen LogP contribution in [-0.2, 0) is 14.3 Å². The van der Waals surface area contributed by atoms with Crippen LogP contribution in [0.15, 0.2) is 77.4 Å². The number of ketones is 1. The van der Waals surface area contributed by atoms with Gasteiger partial charge in [-0.2, -0.15) is 0 Å². The number of hydrogen-bond donors (Lipinski definition) is 1. The van der Waals surface area contributed by atoms with E-state index in [-0.39, 0.29) is 23.6 Å². The maximum absolute atomic E-state index is 13.4. The van der Waals surface area contributed by atoms with E-state index in [1.54, 1.807) is 12.4 Å². The van der Waals surface area contributed by atoms with Gasteiger partial charge in [0.05, 0.1) is 12.2 Å². The number of rotatable bonds is 5. The molecule has 0 bridgehead atoms. The largest absolute Gasteiger partial charge is 0.462 e. The van der Waals surface area contributed by atoms with E-state index >= 15 is 0 Å². The maximum atomic E-state index is 13.4. The number of nitrogens with one attached hydrogen (secondary N) is 1. The van der Waals surface area contributed by atoms with Crippen LogP contribution in [0, 0.1) is 5.92 Å². The van der Waals surface area contributed by atoms with E-state index in [4.69, 9.17) is 4.74 Å². The molecular formula is C26H28N2O3. The number of carbonyl (C=O) groups excluding carboxylic acids is 2. The van der Waals surface area contributed by atoms with Crippen molar-refractivity contribution < 1.29 is 14.3 Å². The molecule has 0 unspecified atom stereocenters. The van der Waals surface area contributed by atoms with Crippen molar-refractivity contribution in [3.05, 3.63) is 88.5 Å². The molecule has 2 aliphatic rings. The van der Waals surface area contributed by atoms with Crippen LogP contribution in [0.25, 0.3) is 0 Å². The molecule has 0 amide bonds. The van der Waals surface area contributed by atoms with Crippen LogP contribution < -0.4 is 5.32 Å². The Morgan fingerprint density at radius 3 is 2.48 bits per heavy atom. The lowest BCUT2D eigenvalue weighted by atomic mass is 9.72. The summed E-state index contributed by atoms with van der Waals surface area (Å²) in [7, 11) is 0. The van der Waals surface area contributed by atoms with Crippen molar-refractivity contribution in [3.8, 4) is 0 Å². The fraction of sp³-hybridized carbons (Fsp3) is 0.346. The first-order valence-corrected chi connectivity index (χ1v) is 10.8. The second kappa shape index (κ2) is 8.88. The molecule has 0 saturated carbocycles.